The van der Waals surface area contributed by atoms with Crippen molar-refractivity contribution in [1.82, 2.24) is 20.2 Å². The maximum Gasteiger partial charge on any atom is 0.293 e. The molecule has 1 atom stereocenters. The van der Waals surface area contributed by atoms with Gasteiger partial charge in [0.05, 0.1) is 5.69 Å². The molecule has 0 saturated carbocycles. The number of rotatable bonds is 4. The van der Waals surface area contributed by atoms with Gasteiger partial charge >= 0.3 is 0 Å². The fourth-order valence-corrected chi connectivity index (χ4v) is 2.77. The van der Waals surface area contributed by atoms with Gasteiger partial charge in [-0.2, -0.15) is 4.98 Å². The summed E-state index contributed by atoms with van der Waals surface area (Å²) in [5.74, 6) is 1.32. The lowest BCUT2D eigenvalue weighted by Crippen LogP contribution is -2.38. The van der Waals surface area contributed by atoms with Crippen molar-refractivity contribution in [3.8, 4) is 0 Å². The molecule has 7 nitrogen and oxygen atoms in total. The number of carbonyl (C=O) groups is 1. The first kappa shape index (κ1) is 14.7. The third-order valence-electron chi connectivity index (χ3n) is 3.84. The summed E-state index contributed by atoms with van der Waals surface area (Å²) in [5.41, 5.74) is 0.694. The van der Waals surface area contributed by atoms with Gasteiger partial charge in [0.1, 0.15) is 6.04 Å². The maximum absolute atomic E-state index is 12.6. The lowest BCUT2D eigenvalue weighted by molar-refractivity contribution is 0.0520. The van der Waals surface area contributed by atoms with Crippen LogP contribution in [0.5, 0.6) is 0 Å². The van der Waals surface area contributed by atoms with Crippen molar-refractivity contribution in [3.05, 3.63) is 29.2 Å². The van der Waals surface area contributed by atoms with Crippen molar-refractivity contribution < 1.29 is 13.8 Å². The van der Waals surface area contributed by atoms with Crippen LogP contribution in [0, 0.1) is 6.92 Å². The van der Waals surface area contributed by atoms with Crippen LogP contribution in [-0.4, -0.2) is 32.6 Å². The van der Waals surface area contributed by atoms with Gasteiger partial charge in [0, 0.05) is 19.0 Å². The summed E-state index contributed by atoms with van der Waals surface area (Å²) in [6, 6.07) is 1.48. The van der Waals surface area contributed by atoms with Gasteiger partial charge in [-0.3, -0.25) is 4.79 Å². The summed E-state index contributed by atoms with van der Waals surface area (Å²) < 4.78 is 10.5. The summed E-state index contributed by atoms with van der Waals surface area (Å²) >= 11 is 0. The molecule has 0 N–H and O–H groups in total. The number of piperidine rings is 1. The number of likely N-dealkylation sites (tertiary alicyclic amines) is 1. The molecular weight excluding hydrogens is 284 g/mol. The Morgan fingerprint density at radius 1 is 1.36 bits per heavy atom. The van der Waals surface area contributed by atoms with Gasteiger partial charge in [0.25, 0.3) is 5.91 Å². The molecule has 3 rings (SSSR count). The first-order valence-electron chi connectivity index (χ1n) is 7.75. The molecule has 2 aromatic heterocycles. The zero-order valence-corrected chi connectivity index (χ0v) is 12.9. The number of aryl methyl sites for hydroxylation is 2. The minimum absolute atomic E-state index is 0.166. The molecule has 2 aromatic rings. The number of hydrogen-bond acceptors (Lipinski definition) is 6. The molecule has 1 fully saturated rings. The van der Waals surface area contributed by atoms with E-state index in [1.807, 2.05) is 0 Å². The number of aromatic nitrogens is 3. The first-order valence-corrected chi connectivity index (χ1v) is 7.75. The second-order valence-corrected chi connectivity index (χ2v) is 5.64. The van der Waals surface area contributed by atoms with Gasteiger partial charge in [-0.1, -0.05) is 17.2 Å². The van der Waals surface area contributed by atoms with E-state index < -0.39 is 0 Å². The van der Waals surface area contributed by atoms with Gasteiger partial charge in [0.15, 0.2) is 5.82 Å². The van der Waals surface area contributed by atoms with Crippen LogP contribution in [0.15, 0.2) is 15.1 Å². The first-order chi connectivity index (χ1) is 10.7. The minimum Gasteiger partial charge on any atom is -0.351 e. The lowest BCUT2D eigenvalue weighted by atomic mass is 10.0. The van der Waals surface area contributed by atoms with Gasteiger partial charge in [-0.15, -0.1) is 0 Å². The average Bonchev–Trinajstić information content (AvgIpc) is 3.16. The highest BCUT2D eigenvalue weighted by Gasteiger charge is 2.34. The van der Waals surface area contributed by atoms with E-state index in [4.69, 9.17) is 9.05 Å². The summed E-state index contributed by atoms with van der Waals surface area (Å²) in [7, 11) is 0. The summed E-state index contributed by atoms with van der Waals surface area (Å²) in [6.07, 6.45) is 4.57. The smallest absolute Gasteiger partial charge is 0.293 e. The van der Waals surface area contributed by atoms with Crippen LogP contribution in [-0.2, 0) is 6.42 Å². The normalized spacial score (nSPS) is 18.6. The summed E-state index contributed by atoms with van der Waals surface area (Å²) in [6.45, 7) is 4.52. The molecule has 1 saturated heterocycles. The number of nitrogens with zero attached hydrogens (tertiary/aromatic N) is 4. The van der Waals surface area contributed by atoms with E-state index in [1.165, 1.54) is 0 Å². The van der Waals surface area contributed by atoms with Crippen molar-refractivity contribution in [2.24, 2.45) is 0 Å². The quantitative estimate of drug-likeness (QED) is 0.863. The molecule has 0 aromatic carbocycles. The second-order valence-electron chi connectivity index (χ2n) is 5.64. The van der Waals surface area contributed by atoms with Crippen molar-refractivity contribution in [2.75, 3.05) is 6.54 Å². The molecule has 1 unspecified atom stereocenters. The van der Waals surface area contributed by atoms with Crippen LogP contribution in [0.3, 0.4) is 0 Å². The van der Waals surface area contributed by atoms with Gasteiger partial charge < -0.3 is 13.9 Å². The lowest BCUT2D eigenvalue weighted by Gasteiger charge is -2.32. The Morgan fingerprint density at radius 3 is 2.95 bits per heavy atom. The van der Waals surface area contributed by atoms with Gasteiger partial charge in [-0.25, -0.2) is 0 Å². The van der Waals surface area contributed by atoms with Crippen molar-refractivity contribution in [2.45, 2.75) is 52.0 Å². The summed E-state index contributed by atoms with van der Waals surface area (Å²) in [4.78, 5) is 18.8. The predicted octanol–water partition coefficient (Wildman–Crippen LogP) is 2.69. The highest BCUT2D eigenvalue weighted by molar-refractivity contribution is 5.91. The van der Waals surface area contributed by atoms with Crippen molar-refractivity contribution in [1.29, 1.82) is 0 Å². The minimum atomic E-state index is -0.176. The van der Waals surface area contributed by atoms with Crippen molar-refractivity contribution >= 4 is 5.91 Å². The number of hydrogen-bond donors (Lipinski definition) is 0. The SMILES string of the molecule is CCCc1noc(C2CCCCN2C(=O)c2cc(C)no2)n1. The molecule has 0 bridgehead atoms. The molecule has 22 heavy (non-hydrogen) atoms. The maximum atomic E-state index is 12.6. The molecule has 1 aliphatic rings. The van der Waals surface area contributed by atoms with E-state index in [-0.39, 0.29) is 17.7 Å². The largest absolute Gasteiger partial charge is 0.351 e. The zero-order valence-electron chi connectivity index (χ0n) is 12.9. The Morgan fingerprint density at radius 2 is 2.23 bits per heavy atom. The fourth-order valence-electron chi connectivity index (χ4n) is 2.77. The standard InChI is InChI=1S/C15H20N4O3/c1-3-6-13-16-14(22-18-13)11-7-4-5-8-19(11)15(20)12-9-10(2)17-21-12/h9,11H,3-8H2,1-2H3. The monoisotopic (exact) mass is 304 g/mol. The Kier molecular flexibility index (Phi) is 4.22. The number of amides is 1. The van der Waals surface area contributed by atoms with E-state index in [2.05, 4.69) is 22.2 Å². The van der Waals surface area contributed by atoms with Crippen LogP contribution < -0.4 is 0 Å². The Labute approximate surface area is 128 Å². The molecule has 0 aliphatic carbocycles. The molecule has 3 heterocycles. The molecule has 0 radical (unpaired) electrons. The second kappa shape index (κ2) is 6.29. The molecular formula is C15H20N4O3. The van der Waals surface area contributed by atoms with Crippen molar-refractivity contribution in [3.63, 3.8) is 0 Å². The van der Waals surface area contributed by atoms with Crippen LogP contribution >= 0.6 is 0 Å². The Balaban J connectivity index is 1.82. The molecule has 0 spiro atoms. The topological polar surface area (TPSA) is 85.3 Å². The van der Waals surface area contributed by atoms with E-state index >= 15 is 0 Å². The van der Waals surface area contributed by atoms with E-state index in [0.717, 1.165) is 32.1 Å². The van der Waals surface area contributed by atoms with E-state index in [1.54, 1.807) is 17.9 Å². The van der Waals surface area contributed by atoms with E-state index in [9.17, 15) is 4.79 Å². The molecule has 118 valence electrons. The molecule has 7 heteroatoms. The third-order valence-corrected chi connectivity index (χ3v) is 3.84. The Bertz CT molecular complexity index is 649. The Hall–Kier alpha value is -2.18. The van der Waals surface area contributed by atoms with E-state index in [0.29, 0.717) is 24.0 Å². The van der Waals surface area contributed by atoms with Gasteiger partial charge in [-0.05, 0) is 32.6 Å². The van der Waals surface area contributed by atoms with Crippen LogP contribution in [0.4, 0.5) is 0 Å². The zero-order chi connectivity index (χ0) is 15.5. The highest BCUT2D eigenvalue weighted by atomic mass is 16.5. The molecule has 1 aliphatic heterocycles. The van der Waals surface area contributed by atoms with Crippen LogP contribution in [0.25, 0.3) is 0 Å². The fraction of sp³-hybridized carbons (Fsp3) is 0.600. The third kappa shape index (κ3) is 2.88. The predicted molar refractivity (Wildman–Crippen MR) is 77.2 cm³/mol. The van der Waals surface area contributed by atoms with Gasteiger partial charge in [0.2, 0.25) is 11.7 Å². The van der Waals surface area contributed by atoms with Crippen LogP contribution in [0.2, 0.25) is 0 Å². The van der Waals surface area contributed by atoms with Crippen LogP contribution in [0.1, 0.15) is 66.6 Å². The average molecular weight is 304 g/mol. The highest BCUT2D eigenvalue weighted by Crippen LogP contribution is 2.31. The number of carbonyl (C=O) groups excluding carboxylic acids is 1. The molecule has 1 amide bonds. The summed E-state index contributed by atoms with van der Waals surface area (Å²) in [5, 5.41) is 7.78.